The van der Waals surface area contributed by atoms with Crippen molar-refractivity contribution in [1.29, 1.82) is 0 Å². The Labute approximate surface area is 164 Å². The zero-order valence-electron chi connectivity index (χ0n) is 14.5. The summed E-state index contributed by atoms with van der Waals surface area (Å²) >= 11 is 3.39. The van der Waals surface area contributed by atoms with Crippen LogP contribution in [0.15, 0.2) is 68.0 Å². The molecule has 0 atom stereocenters. The highest BCUT2D eigenvalue weighted by Gasteiger charge is 2.16. The third-order valence-electron chi connectivity index (χ3n) is 4.11. The molecular formula is C20H16BrN3O3. The van der Waals surface area contributed by atoms with Crippen LogP contribution >= 0.6 is 15.9 Å². The molecule has 136 valence electrons. The summed E-state index contributed by atoms with van der Waals surface area (Å²) in [6.45, 7) is 2.22. The number of rotatable bonds is 5. The Kier molecular flexibility index (Phi) is 4.68. The lowest BCUT2D eigenvalue weighted by Gasteiger charge is -2.03. The second-order valence-electron chi connectivity index (χ2n) is 5.95. The number of hydrogen-bond acceptors (Lipinski definition) is 6. The smallest absolute Gasteiger partial charge is 0.293 e. The predicted octanol–water partition coefficient (Wildman–Crippen LogP) is 5.23. The van der Waals surface area contributed by atoms with Crippen LogP contribution in [0.4, 0.5) is 5.69 Å². The second-order valence-corrected chi connectivity index (χ2v) is 6.87. The molecule has 0 amide bonds. The second kappa shape index (κ2) is 7.28. The molecule has 2 aromatic carbocycles. The summed E-state index contributed by atoms with van der Waals surface area (Å²) in [6, 6.07) is 16.8. The van der Waals surface area contributed by atoms with Crippen LogP contribution in [-0.4, -0.2) is 10.1 Å². The van der Waals surface area contributed by atoms with Crippen LogP contribution in [0.25, 0.3) is 23.0 Å². The van der Waals surface area contributed by atoms with Gasteiger partial charge in [-0.15, -0.1) is 0 Å². The summed E-state index contributed by atoms with van der Waals surface area (Å²) in [5, 5.41) is 4.04. The fourth-order valence-corrected chi connectivity index (χ4v) is 2.85. The van der Waals surface area contributed by atoms with E-state index < -0.39 is 0 Å². The van der Waals surface area contributed by atoms with Gasteiger partial charge in [-0.3, -0.25) is 0 Å². The normalized spacial score (nSPS) is 10.9. The number of furan rings is 1. The molecule has 0 spiro atoms. The maximum absolute atomic E-state index is 5.95. The number of anilines is 1. The number of benzene rings is 2. The molecule has 7 heteroatoms. The number of ether oxygens (including phenoxy) is 1. The Bertz CT molecular complexity index is 1070. The van der Waals surface area contributed by atoms with E-state index in [2.05, 4.69) is 26.1 Å². The largest absolute Gasteiger partial charge is 0.486 e. The third kappa shape index (κ3) is 3.73. The Morgan fingerprint density at radius 1 is 1.07 bits per heavy atom. The van der Waals surface area contributed by atoms with Crippen LogP contribution in [0.3, 0.4) is 0 Å². The highest BCUT2D eigenvalue weighted by molar-refractivity contribution is 9.10. The molecule has 6 nitrogen and oxygen atoms in total. The SMILES string of the molecule is Cc1c(N)cccc1-c1noc(-c2ccc(COc3ccc(Br)cc3)o2)n1. The molecule has 2 heterocycles. The zero-order valence-corrected chi connectivity index (χ0v) is 16.1. The van der Waals surface area contributed by atoms with Crippen LogP contribution in [0.2, 0.25) is 0 Å². The zero-order chi connectivity index (χ0) is 18.8. The van der Waals surface area contributed by atoms with E-state index in [9.17, 15) is 0 Å². The van der Waals surface area contributed by atoms with Crippen LogP contribution in [0.5, 0.6) is 5.75 Å². The van der Waals surface area contributed by atoms with Gasteiger partial charge in [0, 0.05) is 15.7 Å². The van der Waals surface area contributed by atoms with E-state index in [-0.39, 0.29) is 0 Å². The first-order chi connectivity index (χ1) is 13.1. The lowest BCUT2D eigenvalue weighted by atomic mass is 10.1. The minimum Gasteiger partial charge on any atom is -0.486 e. The van der Waals surface area contributed by atoms with Gasteiger partial charge in [-0.25, -0.2) is 0 Å². The number of hydrogen-bond donors (Lipinski definition) is 1. The first-order valence-electron chi connectivity index (χ1n) is 8.27. The highest BCUT2D eigenvalue weighted by Crippen LogP contribution is 2.28. The number of nitrogens with zero attached hydrogens (tertiary/aromatic N) is 2. The Balaban J connectivity index is 1.49. The molecule has 27 heavy (non-hydrogen) atoms. The molecule has 2 N–H and O–H groups in total. The van der Waals surface area contributed by atoms with Gasteiger partial charge in [0.2, 0.25) is 5.82 Å². The van der Waals surface area contributed by atoms with E-state index in [1.807, 2.05) is 55.5 Å². The standard InChI is InChI=1S/C20H16BrN3O3/c1-12-16(3-2-4-17(12)22)19-23-20(27-24-19)18-10-9-15(26-18)11-25-14-7-5-13(21)6-8-14/h2-10H,11,22H2,1H3. The van der Waals surface area contributed by atoms with Gasteiger partial charge in [-0.2, -0.15) is 4.98 Å². The molecule has 0 aliphatic heterocycles. The van der Waals surface area contributed by atoms with Crippen molar-refractivity contribution in [2.45, 2.75) is 13.5 Å². The molecule has 0 fully saturated rings. The van der Waals surface area contributed by atoms with E-state index in [0.717, 1.165) is 21.3 Å². The van der Waals surface area contributed by atoms with E-state index in [1.165, 1.54) is 0 Å². The summed E-state index contributed by atoms with van der Waals surface area (Å²) in [4.78, 5) is 4.42. The predicted molar refractivity (Wildman–Crippen MR) is 105 cm³/mol. The average Bonchev–Trinajstić information content (AvgIpc) is 3.33. The molecule has 0 aliphatic rings. The molecule has 0 bridgehead atoms. The number of nitrogen functional groups attached to an aromatic ring is 1. The molecular weight excluding hydrogens is 410 g/mol. The van der Waals surface area contributed by atoms with Crippen LogP contribution in [-0.2, 0) is 6.61 Å². The van der Waals surface area contributed by atoms with Crippen molar-refractivity contribution in [3.8, 4) is 28.8 Å². The van der Waals surface area contributed by atoms with Gasteiger partial charge in [0.25, 0.3) is 5.89 Å². The van der Waals surface area contributed by atoms with Crippen molar-refractivity contribution in [2.24, 2.45) is 0 Å². The van der Waals surface area contributed by atoms with Crippen LogP contribution in [0.1, 0.15) is 11.3 Å². The van der Waals surface area contributed by atoms with E-state index >= 15 is 0 Å². The minimum absolute atomic E-state index is 0.303. The van der Waals surface area contributed by atoms with E-state index in [1.54, 1.807) is 6.07 Å². The minimum atomic E-state index is 0.303. The fourth-order valence-electron chi connectivity index (χ4n) is 2.58. The van der Waals surface area contributed by atoms with Gasteiger partial charge in [-0.1, -0.05) is 33.2 Å². The van der Waals surface area contributed by atoms with Crippen molar-refractivity contribution in [1.82, 2.24) is 10.1 Å². The maximum Gasteiger partial charge on any atom is 0.293 e. The fraction of sp³-hybridized carbons (Fsp3) is 0.100. The van der Waals surface area contributed by atoms with Crippen LogP contribution in [0, 0.1) is 6.92 Å². The van der Waals surface area contributed by atoms with Gasteiger partial charge < -0.3 is 19.4 Å². The van der Waals surface area contributed by atoms with Crippen molar-refractivity contribution in [2.75, 3.05) is 5.73 Å². The van der Waals surface area contributed by atoms with Gasteiger partial charge in [0.05, 0.1) is 0 Å². The van der Waals surface area contributed by atoms with Crippen molar-refractivity contribution < 1.29 is 13.7 Å². The number of halogens is 1. The molecule has 0 aliphatic carbocycles. The van der Waals surface area contributed by atoms with E-state index in [0.29, 0.717) is 35.5 Å². The molecule has 4 aromatic rings. The van der Waals surface area contributed by atoms with Gasteiger partial charge in [-0.05, 0) is 55.0 Å². The lowest BCUT2D eigenvalue weighted by molar-refractivity contribution is 0.270. The maximum atomic E-state index is 5.95. The van der Waals surface area contributed by atoms with Crippen molar-refractivity contribution in [3.63, 3.8) is 0 Å². The van der Waals surface area contributed by atoms with Gasteiger partial charge in [0.1, 0.15) is 18.1 Å². The van der Waals surface area contributed by atoms with Gasteiger partial charge >= 0.3 is 0 Å². The third-order valence-corrected chi connectivity index (χ3v) is 4.64. The molecule has 0 unspecified atom stereocenters. The Morgan fingerprint density at radius 3 is 2.70 bits per heavy atom. The molecule has 2 aromatic heterocycles. The number of nitrogens with two attached hydrogens (primary N) is 1. The summed E-state index contributed by atoms with van der Waals surface area (Å²) in [5.74, 6) is 2.69. The van der Waals surface area contributed by atoms with E-state index in [4.69, 9.17) is 19.4 Å². The monoisotopic (exact) mass is 425 g/mol. The summed E-state index contributed by atoms with van der Waals surface area (Å²) in [5.41, 5.74) is 8.37. The Morgan fingerprint density at radius 2 is 1.89 bits per heavy atom. The first-order valence-corrected chi connectivity index (χ1v) is 9.06. The summed E-state index contributed by atoms with van der Waals surface area (Å²) < 4.78 is 17.8. The molecule has 0 saturated heterocycles. The topological polar surface area (TPSA) is 87.3 Å². The first kappa shape index (κ1) is 17.4. The van der Waals surface area contributed by atoms with Crippen molar-refractivity contribution in [3.05, 3.63) is 70.4 Å². The van der Waals surface area contributed by atoms with Crippen LogP contribution < -0.4 is 10.5 Å². The van der Waals surface area contributed by atoms with Gasteiger partial charge in [0.15, 0.2) is 5.76 Å². The number of aromatic nitrogens is 2. The molecule has 4 rings (SSSR count). The average molecular weight is 426 g/mol. The quantitative estimate of drug-likeness (QED) is 0.440. The summed E-state index contributed by atoms with van der Waals surface area (Å²) in [7, 11) is 0. The summed E-state index contributed by atoms with van der Waals surface area (Å²) in [6.07, 6.45) is 0. The molecule has 0 radical (unpaired) electrons. The highest BCUT2D eigenvalue weighted by atomic mass is 79.9. The lowest BCUT2D eigenvalue weighted by Crippen LogP contribution is -1.93. The Hall–Kier alpha value is -3.06. The van der Waals surface area contributed by atoms with Crippen molar-refractivity contribution >= 4 is 21.6 Å². The molecule has 0 saturated carbocycles.